The molecule has 2 aromatic carbocycles. The number of ether oxygens (including phenoxy) is 1. The van der Waals surface area contributed by atoms with Crippen molar-refractivity contribution >= 4 is 63.3 Å². The van der Waals surface area contributed by atoms with Crippen molar-refractivity contribution in [3.8, 4) is 0 Å². The fraction of sp³-hybridized carbons (Fsp3) is 0.360. The third-order valence-corrected chi connectivity index (χ3v) is 9.54. The molecule has 1 aromatic heterocycles. The van der Waals surface area contributed by atoms with Crippen molar-refractivity contribution in [3.63, 3.8) is 0 Å². The molecule has 0 saturated carbocycles. The van der Waals surface area contributed by atoms with Gasteiger partial charge in [0.05, 0.1) is 5.92 Å². The van der Waals surface area contributed by atoms with E-state index in [0.29, 0.717) is 57.5 Å². The van der Waals surface area contributed by atoms with E-state index in [9.17, 15) is 14.7 Å². The molecular formula is C25H26ClN2O4Tl. The van der Waals surface area contributed by atoms with Crippen molar-refractivity contribution < 1.29 is 19.4 Å². The molecule has 0 radical (unpaired) electrons. The number of carbonyl (C=O) groups excluding carboxylic acids is 1. The first kappa shape index (κ1) is 24.2. The van der Waals surface area contributed by atoms with Gasteiger partial charge in [0.1, 0.15) is 0 Å². The van der Waals surface area contributed by atoms with Crippen LogP contribution in [0.1, 0.15) is 53.7 Å². The Hall–Kier alpha value is -1.91. The van der Waals surface area contributed by atoms with Crippen molar-refractivity contribution in [1.82, 2.24) is 9.88 Å². The van der Waals surface area contributed by atoms with Crippen LogP contribution in [0, 0.1) is 0 Å². The molecule has 4 rings (SSSR count). The van der Waals surface area contributed by atoms with Crippen molar-refractivity contribution in [2.45, 2.75) is 37.6 Å². The minimum absolute atomic E-state index is 0.189. The van der Waals surface area contributed by atoms with Crippen LogP contribution < -0.4 is 8.44 Å². The van der Waals surface area contributed by atoms with Crippen LogP contribution in [-0.4, -0.2) is 60.5 Å². The number of amides is 1. The van der Waals surface area contributed by atoms with E-state index in [4.69, 9.17) is 16.3 Å². The van der Waals surface area contributed by atoms with Crippen molar-refractivity contribution in [2.24, 2.45) is 7.05 Å². The first-order valence-corrected chi connectivity index (χ1v) is 13.7. The molecule has 1 aliphatic heterocycles. The average Bonchev–Trinajstić information content (AvgIpc) is 3.40. The van der Waals surface area contributed by atoms with Crippen LogP contribution >= 0.6 is 11.6 Å². The van der Waals surface area contributed by atoms with Gasteiger partial charge in [0.25, 0.3) is 0 Å². The molecule has 1 aliphatic rings. The molecule has 2 N–H and O–H groups in total. The zero-order chi connectivity index (χ0) is 23.8. The SMILES string of the molecule is CCCC(C(=O)O)c1ccc(C2(NC(=O)c3cc4c(Cl)[c]([Tl])ccc4n3C)CCOC2)cc1. The third-order valence-electron chi connectivity index (χ3n) is 6.54. The normalized spacial score (nSPS) is 19.0. The summed E-state index contributed by atoms with van der Waals surface area (Å²) in [6, 6.07) is 13.4. The van der Waals surface area contributed by atoms with Gasteiger partial charge in [0.2, 0.25) is 0 Å². The van der Waals surface area contributed by atoms with Gasteiger partial charge in [-0.05, 0) is 6.42 Å². The maximum atomic E-state index is 13.4. The standard InChI is InChI=1S/C25H26ClN2O4.Tl/c1-3-5-18(24(30)31)16-8-10-17(11-9-16)25(12-13-32-15-25)27-23(29)22-14-19-20(26)6-4-7-21(19)28(22)2;/h4,7-11,14,18H,3,5,12-13,15H2,1-2H3,(H,27,29)(H,30,31);. The van der Waals surface area contributed by atoms with Gasteiger partial charge in [-0.15, -0.1) is 0 Å². The summed E-state index contributed by atoms with van der Waals surface area (Å²) in [5, 5.41) is 14.4. The van der Waals surface area contributed by atoms with Crippen LogP contribution in [0.15, 0.2) is 42.5 Å². The van der Waals surface area contributed by atoms with E-state index in [1.54, 1.807) is 0 Å². The number of benzene rings is 2. The van der Waals surface area contributed by atoms with Crippen LogP contribution in [0.5, 0.6) is 0 Å². The van der Waals surface area contributed by atoms with E-state index in [1.165, 1.54) is 0 Å². The number of nitrogens with one attached hydrogen (secondary N) is 1. The molecule has 33 heavy (non-hydrogen) atoms. The van der Waals surface area contributed by atoms with Crippen molar-refractivity contribution in [3.05, 3.63) is 64.3 Å². The number of nitrogens with zero attached hydrogens (tertiary/aromatic N) is 1. The molecule has 1 amide bonds. The summed E-state index contributed by atoms with van der Waals surface area (Å²) in [6.07, 6.45) is 2.03. The van der Waals surface area contributed by atoms with E-state index in [-0.39, 0.29) is 5.91 Å². The summed E-state index contributed by atoms with van der Waals surface area (Å²) in [5.41, 5.74) is 2.49. The molecule has 2 heterocycles. The average molecular weight is 658 g/mol. The zero-order valence-electron chi connectivity index (χ0n) is 18.7. The van der Waals surface area contributed by atoms with Gasteiger partial charge in [-0.3, -0.25) is 4.79 Å². The first-order chi connectivity index (χ1) is 15.8. The van der Waals surface area contributed by atoms with Crippen LogP contribution in [-0.2, 0) is 22.1 Å². The van der Waals surface area contributed by atoms with Crippen molar-refractivity contribution in [2.75, 3.05) is 13.2 Å². The Bertz CT molecular complexity index is 1200. The summed E-state index contributed by atoms with van der Waals surface area (Å²) in [7, 11) is 1.87. The predicted octanol–water partition coefficient (Wildman–Crippen LogP) is 3.64. The number of aliphatic carboxylic acids is 1. The second kappa shape index (κ2) is 9.76. The summed E-state index contributed by atoms with van der Waals surface area (Å²) in [5.74, 6) is -1.53. The molecule has 0 bridgehead atoms. The Kier molecular flexibility index (Phi) is 7.16. The Morgan fingerprint density at radius 2 is 2.00 bits per heavy atom. The molecule has 3 aromatic rings. The first-order valence-electron chi connectivity index (χ1n) is 11.0. The molecular weight excluding hydrogens is 632 g/mol. The maximum absolute atomic E-state index is 13.4. The number of aryl methyl sites for hydroxylation is 1. The van der Waals surface area contributed by atoms with E-state index < -0.39 is 17.4 Å². The van der Waals surface area contributed by atoms with Crippen LogP contribution in [0.2, 0.25) is 5.02 Å². The summed E-state index contributed by atoms with van der Waals surface area (Å²) in [4.78, 5) is 25.1. The Morgan fingerprint density at radius 3 is 2.61 bits per heavy atom. The monoisotopic (exact) mass is 658 g/mol. The fourth-order valence-corrected chi connectivity index (χ4v) is 5.80. The van der Waals surface area contributed by atoms with Gasteiger partial charge in [-0.1, -0.05) is 13.3 Å². The molecule has 6 nitrogen and oxygen atoms in total. The van der Waals surface area contributed by atoms with Gasteiger partial charge in [-0.2, -0.15) is 0 Å². The predicted molar refractivity (Wildman–Crippen MR) is 130 cm³/mol. The number of carbonyl (C=O) groups is 2. The van der Waals surface area contributed by atoms with E-state index in [1.807, 2.05) is 61.0 Å². The summed E-state index contributed by atoms with van der Waals surface area (Å²) < 4.78 is 8.70. The number of aromatic nitrogens is 1. The quantitative estimate of drug-likeness (QED) is 0.381. The summed E-state index contributed by atoms with van der Waals surface area (Å²) >= 11 is 7.14. The number of hydrogen-bond acceptors (Lipinski definition) is 3. The second-order valence-corrected chi connectivity index (χ2v) is 11.4. The Morgan fingerprint density at radius 1 is 1.27 bits per heavy atom. The fourth-order valence-electron chi connectivity index (χ4n) is 4.61. The third kappa shape index (κ3) is 4.57. The van der Waals surface area contributed by atoms with Gasteiger partial charge in [0.15, 0.2) is 0 Å². The molecule has 0 aliphatic carbocycles. The summed E-state index contributed by atoms with van der Waals surface area (Å²) in [6.45, 7) is 2.89. The zero-order valence-corrected chi connectivity index (χ0v) is 24.0. The van der Waals surface area contributed by atoms with Crippen LogP contribution in [0.4, 0.5) is 0 Å². The molecule has 1 saturated heterocycles. The topological polar surface area (TPSA) is 80.6 Å². The molecule has 170 valence electrons. The Balaban J connectivity index is 1.65. The van der Waals surface area contributed by atoms with Crippen LogP contribution in [0.3, 0.4) is 0 Å². The molecule has 1 fully saturated rings. The number of carboxylic acid groups (broad SMARTS) is 1. The molecule has 2 unspecified atom stereocenters. The number of carboxylic acids is 1. The minimum atomic E-state index is -0.815. The molecule has 0 spiro atoms. The van der Waals surface area contributed by atoms with Gasteiger partial charge in [-0.25, -0.2) is 0 Å². The number of halogens is 1. The van der Waals surface area contributed by atoms with E-state index in [2.05, 4.69) is 5.32 Å². The molecule has 8 heteroatoms. The molecule has 2 atom stereocenters. The van der Waals surface area contributed by atoms with Gasteiger partial charge >= 0.3 is 179 Å². The number of hydrogen-bond donors (Lipinski definition) is 2. The Labute approximate surface area is 213 Å². The van der Waals surface area contributed by atoms with Gasteiger partial charge < -0.3 is 5.11 Å². The number of fused-ring (bicyclic) bond motifs is 1. The van der Waals surface area contributed by atoms with Gasteiger partial charge in [0, 0.05) is 0 Å². The van der Waals surface area contributed by atoms with Crippen LogP contribution in [0.25, 0.3) is 10.9 Å². The second-order valence-electron chi connectivity index (χ2n) is 8.63. The number of rotatable bonds is 7. The van der Waals surface area contributed by atoms with E-state index >= 15 is 0 Å². The van der Waals surface area contributed by atoms with E-state index in [0.717, 1.165) is 36.6 Å². The van der Waals surface area contributed by atoms with Crippen molar-refractivity contribution in [1.29, 1.82) is 0 Å².